The normalized spacial score (nSPS) is 25.0. The molecule has 1 unspecified atom stereocenters. The van der Waals surface area contributed by atoms with Crippen LogP contribution in [0.5, 0.6) is 0 Å². The topological polar surface area (TPSA) is 39.5 Å². The Labute approximate surface area is 67.6 Å². The predicted octanol–water partition coefficient (Wildman–Crippen LogP) is 1.22. The molecule has 1 aliphatic rings. The number of nitrogens with one attached hydrogen (secondary N) is 1. The van der Waals surface area contributed by atoms with Crippen molar-refractivity contribution in [2.45, 2.75) is 25.3 Å². The molecule has 0 aliphatic carbocycles. The molecule has 0 radical (unpaired) electrons. The van der Waals surface area contributed by atoms with E-state index in [0.29, 0.717) is 6.04 Å². The summed E-state index contributed by atoms with van der Waals surface area (Å²) in [5, 5.41) is 6.60. The van der Waals surface area contributed by atoms with Gasteiger partial charge in [0.05, 0.1) is 12.6 Å². The van der Waals surface area contributed by atoms with Gasteiger partial charge in [-0.3, -0.25) is 0 Å². The van der Waals surface area contributed by atoms with Crippen LogP contribution in [0.15, 0.2) is 4.99 Å². The van der Waals surface area contributed by atoms with E-state index in [4.69, 9.17) is 5.41 Å². The van der Waals surface area contributed by atoms with Gasteiger partial charge in [-0.1, -0.05) is 0 Å². The molecule has 0 bridgehead atoms. The van der Waals surface area contributed by atoms with Crippen molar-refractivity contribution in [3.05, 3.63) is 0 Å². The fourth-order valence-corrected chi connectivity index (χ4v) is 1.61. The second-order valence-corrected chi connectivity index (χ2v) is 3.06. The molecule has 1 saturated heterocycles. The van der Waals surface area contributed by atoms with Gasteiger partial charge in [0.1, 0.15) is 0 Å². The number of hydrogen-bond acceptors (Lipinski definition) is 3. The number of rotatable bonds is 3. The highest BCUT2D eigenvalue weighted by atomic mass is 15.1. The molecular formula is C8H15N3. The lowest BCUT2D eigenvalue weighted by Crippen LogP contribution is -2.25. The van der Waals surface area contributed by atoms with Gasteiger partial charge in [-0.25, -0.2) is 10.4 Å². The minimum absolute atomic E-state index is 0.701. The summed E-state index contributed by atoms with van der Waals surface area (Å²) in [6.07, 6.45) is 3.70. The molecule has 3 heteroatoms. The highest BCUT2D eigenvalue weighted by Gasteiger charge is 2.19. The molecule has 1 fully saturated rings. The number of aliphatic imine (C=N–C) groups is 1. The van der Waals surface area contributed by atoms with Gasteiger partial charge >= 0.3 is 0 Å². The van der Waals surface area contributed by atoms with Crippen molar-refractivity contribution in [2.24, 2.45) is 4.99 Å². The lowest BCUT2D eigenvalue weighted by atomic mass is 10.1. The molecule has 62 valence electrons. The first-order chi connectivity index (χ1) is 5.34. The molecule has 0 amide bonds. The zero-order chi connectivity index (χ0) is 8.10. The van der Waals surface area contributed by atoms with E-state index in [2.05, 4.69) is 22.9 Å². The van der Waals surface area contributed by atoms with Crippen molar-refractivity contribution in [1.82, 2.24) is 4.90 Å². The molecular weight excluding hydrogens is 138 g/mol. The lowest BCUT2D eigenvalue weighted by Gasteiger charge is -2.17. The third-order valence-electron chi connectivity index (χ3n) is 2.32. The molecule has 0 aromatic heterocycles. The molecule has 0 spiro atoms. The fourth-order valence-electron chi connectivity index (χ4n) is 1.61. The summed E-state index contributed by atoms with van der Waals surface area (Å²) in [4.78, 5) is 6.13. The van der Waals surface area contributed by atoms with Gasteiger partial charge in [0, 0.05) is 6.04 Å². The van der Waals surface area contributed by atoms with Crippen LogP contribution in [-0.2, 0) is 0 Å². The summed E-state index contributed by atoms with van der Waals surface area (Å²) < 4.78 is 0. The van der Waals surface area contributed by atoms with Gasteiger partial charge in [-0.2, -0.15) is 0 Å². The predicted molar refractivity (Wildman–Crippen MR) is 45.3 cm³/mol. The monoisotopic (exact) mass is 153 g/mol. The molecule has 1 rings (SSSR count). The zero-order valence-corrected chi connectivity index (χ0v) is 7.01. The summed E-state index contributed by atoms with van der Waals surface area (Å²) in [6.45, 7) is 1.98. The van der Waals surface area contributed by atoms with Gasteiger partial charge in [-0.05, 0) is 32.9 Å². The Kier molecular flexibility index (Phi) is 3.27. The van der Waals surface area contributed by atoms with E-state index in [1.165, 1.54) is 19.4 Å². The molecule has 1 aliphatic heterocycles. The van der Waals surface area contributed by atoms with Gasteiger partial charge in [0.25, 0.3) is 0 Å². The van der Waals surface area contributed by atoms with Crippen LogP contribution < -0.4 is 0 Å². The third kappa shape index (κ3) is 2.45. The van der Waals surface area contributed by atoms with E-state index in [1.54, 1.807) is 0 Å². The Bertz CT molecular complexity index is 161. The van der Waals surface area contributed by atoms with Crippen molar-refractivity contribution >= 4 is 6.01 Å². The minimum Gasteiger partial charge on any atom is -0.303 e. The molecule has 0 saturated carbocycles. The molecule has 1 heterocycles. The first-order valence-electron chi connectivity index (χ1n) is 4.13. The highest BCUT2D eigenvalue weighted by molar-refractivity contribution is 5.35. The Hall–Kier alpha value is -0.660. The second-order valence-electron chi connectivity index (χ2n) is 3.06. The van der Waals surface area contributed by atoms with Crippen molar-refractivity contribution in [2.75, 3.05) is 20.1 Å². The Balaban J connectivity index is 2.20. The van der Waals surface area contributed by atoms with E-state index in [0.717, 1.165) is 13.0 Å². The van der Waals surface area contributed by atoms with Crippen LogP contribution >= 0.6 is 0 Å². The van der Waals surface area contributed by atoms with Crippen LogP contribution in [0.4, 0.5) is 0 Å². The van der Waals surface area contributed by atoms with Gasteiger partial charge in [0.2, 0.25) is 0 Å². The second kappa shape index (κ2) is 4.27. The smallest absolute Gasteiger partial charge is 0.0861 e. The summed E-state index contributed by atoms with van der Waals surface area (Å²) in [5.41, 5.74) is 0. The van der Waals surface area contributed by atoms with Crippen LogP contribution in [-0.4, -0.2) is 37.1 Å². The number of likely N-dealkylation sites (tertiary alicyclic amines) is 1. The SMILES string of the molecule is CN1CCCC1CCN=C=N. The number of hydrogen-bond donors (Lipinski definition) is 1. The Morgan fingerprint density at radius 1 is 1.73 bits per heavy atom. The van der Waals surface area contributed by atoms with Crippen LogP contribution in [0.2, 0.25) is 0 Å². The highest BCUT2D eigenvalue weighted by Crippen LogP contribution is 2.17. The summed E-state index contributed by atoms with van der Waals surface area (Å²) in [7, 11) is 2.16. The van der Waals surface area contributed by atoms with Gasteiger partial charge in [0.15, 0.2) is 0 Å². The van der Waals surface area contributed by atoms with Crippen LogP contribution in [0, 0.1) is 5.41 Å². The first-order valence-corrected chi connectivity index (χ1v) is 4.13. The van der Waals surface area contributed by atoms with Crippen molar-refractivity contribution in [3.63, 3.8) is 0 Å². The maximum Gasteiger partial charge on any atom is 0.0861 e. The summed E-state index contributed by atoms with van der Waals surface area (Å²) >= 11 is 0. The molecule has 11 heavy (non-hydrogen) atoms. The molecule has 0 aromatic carbocycles. The first kappa shape index (κ1) is 8.44. The molecule has 3 nitrogen and oxygen atoms in total. The third-order valence-corrected chi connectivity index (χ3v) is 2.32. The standard InChI is InChI=1S/C8H15N3/c1-11-6-2-3-8(11)4-5-10-7-9/h8-9H,2-6H2,1H3. The maximum atomic E-state index is 6.60. The summed E-state index contributed by atoms with van der Waals surface area (Å²) in [6, 6.07) is 2.76. The van der Waals surface area contributed by atoms with Crippen molar-refractivity contribution in [3.8, 4) is 0 Å². The Morgan fingerprint density at radius 2 is 2.55 bits per heavy atom. The largest absolute Gasteiger partial charge is 0.303 e. The average molecular weight is 153 g/mol. The van der Waals surface area contributed by atoms with Crippen LogP contribution in [0.1, 0.15) is 19.3 Å². The minimum atomic E-state index is 0.701. The number of nitrogens with zero attached hydrogens (tertiary/aromatic N) is 2. The van der Waals surface area contributed by atoms with Crippen LogP contribution in [0.25, 0.3) is 0 Å². The lowest BCUT2D eigenvalue weighted by molar-refractivity contribution is 0.300. The fraction of sp³-hybridized carbons (Fsp3) is 0.875. The zero-order valence-electron chi connectivity index (χ0n) is 7.01. The Morgan fingerprint density at radius 3 is 3.09 bits per heavy atom. The maximum absolute atomic E-state index is 6.60. The molecule has 1 N–H and O–H groups in total. The van der Waals surface area contributed by atoms with Crippen molar-refractivity contribution in [1.29, 1.82) is 5.41 Å². The average Bonchev–Trinajstić information content (AvgIpc) is 2.37. The van der Waals surface area contributed by atoms with E-state index in [1.807, 2.05) is 0 Å². The van der Waals surface area contributed by atoms with Crippen molar-refractivity contribution < 1.29 is 0 Å². The van der Waals surface area contributed by atoms with E-state index in [9.17, 15) is 0 Å². The van der Waals surface area contributed by atoms with Gasteiger partial charge < -0.3 is 4.90 Å². The summed E-state index contributed by atoms with van der Waals surface area (Å²) in [5.74, 6) is 0. The molecule has 0 aromatic rings. The molecule has 1 atom stereocenters. The van der Waals surface area contributed by atoms with E-state index in [-0.39, 0.29) is 0 Å². The van der Waals surface area contributed by atoms with E-state index < -0.39 is 0 Å². The van der Waals surface area contributed by atoms with Gasteiger partial charge in [-0.15, -0.1) is 0 Å². The quantitative estimate of drug-likeness (QED) is 0.608. The van der Waals surface area contributed by atoms with Crippen LogP contribution in [0.3, 0.4) is 0 Å². The van der Waals surface area contributed by atoms with E-state index >= 15 is 0 Å².